The van der Waals surface area contributed by atoms with E-state index in [0.717, 1.165) is 43.0 Å². The van der Waals surface area contributed by atoms with Gasteiger partial charge in [-0.1, -0.05) is 6.92 Å². The lowest BCUT2D eigenvalue weighted by Gasteiger charge is -2.36. The predicted octanol–water partition coefficient (Wildman–Crippen LogP) is 3.08. The summed E-state index contributed by atoms with van der Waals surface area (Å²) in [5.41, 5.74) is 1.62. The molecule has 4 nitrogen and oxygen atoms in total. The Bertz CT molecular complexity index is 487. The van der Waals surface area contributed by atoms with E-state index in [9.17, 15) is 4.79 Å². The quantitative estimate of drug-likeness (QED) is 0.922. The van der Waals surface area contributed by atoms with Crippen LogP contribution < -0.4 is 5.32 Å². The van der Waals surface area contributed by atoms with Crippen LogP contribution in [0.15, 0.2) is 12.1 Å². The third kappa shape index (κ3) is 3.30. The van der Waals surface area contributed by atoms with Gasteiger partial charge in [0.2, 0.25) is 0 Å². The molecular formula is C16H25N3O. The molecule has 2 unspecified atom stereocenters. The summed E-state index contributed by atoms with van der Waals surface area (Å²) in [5.74, 6) is 1.63. The van der Waals surface area contributed by atoms with Gasteiger partial charge in [-0.05, 0) is 51.7 Å². The molecule has 1 fully saturated rings. The highest BCUT2D eigenvalue weighted by Gasteiger charge is 2.27. The molecular weight excluding hydrogens is 250 g/mol. The van der Waals surface area contributed by atoms with E-state index in [2.05, 4.69) is 24.1 Å². The van der Waals surface area contributed by atoms with Crippen LogP contribution in [0.4, 0.5) is 5.82 Å². The van der Waals surface area contributed by atoms with Crippen molar-refractivity contribution in [2.45, 2.75) is 46.6 Å². The van der Waals surface area contributed by atoms with E-state index in [1.54, 1.807) is 0 Å². The molecule has 0 spiro atoms. The topological polar surface area (TPSA) is 45.2 Å². The molecule has 1 aliphatic rings. The second-order valence-electron chi connectivity index (χ2n) is 5.89. The van der Waals surface area contributed by atoms with Crippen molar-refractivity contribution < 1.29 is 4.79 Å². The zero-order chi connectivity index (χ0) is 14.7. The summed E-state index contributed by atoms with van der Waals surface area (Å²) in [6, 6.07) is 4.07. The lowest BCUT2D eigenvalue weighted by molar-refractivity contribution is 0.0588. The largest absolute Gasteiger partial charge is 0.370 e. The van der Waals surface area contributed by atoms with Gasteiger partial charge in [-0.25, -0.2) is 4.98 Å². The number of pyridine rings is 1. The van der Waals surface area contributed by atoms with Crippen LogP contribution >= 0.6 is 0 Å². The molecule has 0 aromatic carbocycles. The molecule has 1 saturated heterocycles. The SMILES string of the molecule is CCNc1cc(C(=O)N2CCC(C)CC2C)cc(C)n1. The Morgan fingerprint density at radius 1 is 1.45 bits per heavy atom. The zero-order valence-corrected chi connectivity index (χ0v) is 12.9. The average molecular weight is 275 g/mol. The van der Waals surface area contributed by atoms with E-state index < -0.39 is 0 Å². The molecule has 2 atom stereocenters. The van der Waals surface area contributed by atoms with Crippen molar-refractivity contribution in [2.24, 2.45) is 5.92 Å². The van der Waals surface area contributed by atoms with E-state index in [4.69, 9.17) is 0 Å². The van der Waals surface area contributed by atoms with Crippen molar-refractivity contribution in [2.75, 3.05) is 18.4 Å². The van der Waals surface area contributed by atoms with Crippen LogP contribution in [-0.4, -0.2) is 34.9 Å². The highest BCUT2D eigenvalue weighted by Crippen LogP contribution is 2.24. The Morgan fingerprint density at radius 2 is 2.20 bits per heavy atom. The molecule has 1 aromatic heterocycles. The summed E-state index contributed by atoms with van der Waals surface area (Å²) in [6.45, 7) is 10.0. The molecule has 0 aliphatic carbocycles. The summed E-state index contributed by atoms with van der Waals surface area (Å²) in [4.78, 5) is 19.1. The Hall–Kier alpha value is -1.58. The van der Waals surface area contributed by atoms with Gasteiger partial charge in [-0.2, -0.15) is 0 Å². The van der Waals surface area contributed by atoms with Crippen molar-refractivity contribution in [1.29, 1.82) is 0 Å². The van der Waals surface area contributed by atoms with E-state index in [0.29, 0.717) is 12.0 Å². The van der Waals surface area contributed by atoms with Crippen LogP contribution in [0, 0.1) is 12.8 Å². The number of likely N-dealkylation sites (tertiary alicyclic amines) is 1. The van der Waals surface area contributed by atoms with Gasteiger partial charge in [0.1, 0.15) is 5.82 Å². The summed E-state index contributed by atoms with van der Waals surface area (Å²) < 4.78 is 0. The maximum absolute atomic E-state index is 12.7. The fourth-order valence-electron chi connectivity index (χ4n) is 2.94. The lowest BCUT2D eigenvalue weighted by atomic mass is 9.93. The van der Waals surface area contributed by atoms with Crippen molar-refractivity contribution in [3.63, 3.8) is 0 Å². The minimum absolute atomic E-state index is 0.133. The van der Waals surface area contributed by atoms with Gasteiger partial charge in [-0.3, -0.25) is 4.79 Å². The molecule has 1 aliphatic heterocycles. The minimum Gasteiger partial charge on any atom is -0.370 e. The van der Waals surface area contributed by atoms with Crippen LogP contribution in [0.25, 0.3) is 0 Å². The van der Waals surface area contributed by atoms with Crippen molar-refractivity contribution >= 4 is 11.7 Å². The molecule has 0 radical (unpaired) electrons. The number of hydrogen-bond donors (Lipinski definition) is 1. The summed E-state index contributed by atoms with van der Waals surface area (Å²) >= 11 is 0. The maximum Gasteiger partial charge on any atom is 0.254 e. The van der Waals surface area contributed by atoms with Gasteiger partial charge >= 0.3 is 0 Å². The van der Waals surface area contributed by atoms with Crippen molar-refractivity contribution in [3.05, 3.63) is 23.4 Å². The molecule has 4 heteroatoms. The fourth-order valence-corrected chi connectivity index (χ4v) is 2.94. The Balaban J connectivity index is 2.20. The van der Waals surface area contributed by atoms with Crippen LogP contribution in [-0.2, 0) is 0 Å². The summed E-state index contributed by atoms with van der Waals surface area (Å²) in [6.07, 6.45) is 2.19. The van der Waals surface area contributed by atoms with Crippen molar-refractivity contribution in [1.82, 2.24) is 9.88 Å². The number of nitrogens with zero attached hydrogens (tertiary/aromatic N) is 2. The predicted molar refractivity (Wildman–Crippen MR) is 82.0 cm³/mol. The first-order valence-corrected chi connectivity index (χ1v) is 7.54. The summed E-state index contributed by atoms with van der Waals surface area (Å²) in [7, 11) is 0. The number of carbonyl (C=O) groups is 1. The van der Waals surface area contributed by atoms with Gasteiger partial charge in [0, 0.05) is 30.4 Å². The van der Waals surface area contributed by atoms with Crippen LogP contribution in [0.2, 0.25) is 0 Å². The number of aryl methyl sites for hydroxylation is 1. The van der Waals surface area contributed by atoms with Gasteiger partial charge in [0.15, 0.2) is 0 Å². The van der Waals surface area contributed by atoms with E-state index >= 15 is 0 Å². The molecule has 1 aromatic rings. The molecule has 2 heterocycles. The number of rotatable bonds is 3. The van der Waals surface area contributed by atoms with Crippen molar-refractivity contribution in [3.8, 4) is 0 Å². The van der Waals surface area contributed by atoms with Gasteiger partial charge in [-0.15, -0.1) is 0 Å². The number of piperidine rings is 1. The van der Waals surface area contributed by atoms with Crippen LogP contribution in [0.1, 0.15) is 49.7 Å². The fraction of sp³-hybridized carbons (Fsp3) is 0.625. The third-order valence-corrected chi connectivity index (χ3v) is 3.96. The van der Waals surface area contributed by atoms with E-state index in [-0.39, 0.29) is 5.91 Å². The molecule has 0 bridgehead atoms. The average Bonchev–Trinajstić information content (AvgIpc) is 2.37. The van der Waals surface area contributed by atoms with E-state index in [1.807, 2.05) is 30.9 Å². The first-order valence-electron chi connectivity index (χ1n) is 7.54. The number of amides is 1. The number of nitrogens with one attached hydrogen (secondary N) is 1. The van der Waals surface area contributed by atoms with E-state index in [1.165, 1.54) is 0 Å². The first kappa shape index (κ1) is 14.8. The molecule has 2 rings (SSSR count). The monoisotopic (exact) mass is 275 g/mol. The minimum atomic E-state index is 0.133. The molecule has 1 amide bonds. The van der Waals surface area contributed by atoms with Gasteiger partial charge < -0.3 is 10.2 Å². The molecule has 1 N–H and O–H groups in total. The van der Waals surface area contributed by atoms with Gasteiger partial charge in [0.25, 0.3) is 5.91 Å². The Labute approximate surface area is 121 Å². The molecule has 0 saturated carbocycles. The standard InChI is InChI=1S/C16H25N3O/c1-5-17-15-10-14(9-12(3)18-15)16(20)19-7-6-11(2)8-13(19)4/h9-11,13H,5-8H2,1-4H3,(H,17,18). The summed E-state index contributed by atoms with van der Waals surface area (Å²) in [5, 5.41) is 3.18. The highest BCUT2D eigenvalue weighted by molar-refractivity contribution is 5.95. The molecule has 20 heavy (non-hydrogen) atoms. The zero-order valence-electron chi connectivity index (χ0n) is 12.9. The normalized spacial score (nSPS) is 22.7. The second-order valence-corrected chi connectivity index (χ2v) is 5.89. The van der Waals surface area contributed by atoms with Gasteiger partial charge in [0.05, 0.1) is 0 Å². The van der Waals surface area contributed by atoms with Crippen LogP contribution in [0.5, 0.6) is 0 Å². The highest BCUT2D eigenvalue weighted by atomic mass is 16.2. The number of carbonyl (C=O) groups excluding carboxylic acids is 1. The maximum atomic E-state index is 12.7. The number of aromatic nitrogens is 1. The Kier molecular flexibility index (Phi) is 4.63. The smallest absolute Gasteiger partial charge is 0.254 e. The first-order chi connectivity index (χ1) is 9.51. The molecule has 110 valence electrons. The Morgan fingerprint density at radius 3 is 2.85 bits per heavy atom. The second kappa shape index (κ2) is 6.25. The number of hydrogen-bond acceptors (Lipinski definition) is 3. The van der Waals surface area contributed by atoms with Crippen LogP contribution in [0.3, 0.4) is 0 Å². The lowest BCUT2D eigenvalue weighted by Crippen LogP contribution is -2.44. The third-order valence-electron chi connectivity index (χ3n) is 3.96. The number of anilines is 1.